The molecular formula is C11H16O3. The van der Waals surface area contributed by atoms with Crippen LogP contribution in [0.15, 0.2) is 0 Å². The highest BCUT2D eigenvalue weighted by atomic mass is 16.6. The van der Waals surface area contributed by atoms with Crippen molar-refractivity contribution in [3.8, 4) is 0 Å². The summed E-state index contributed by atoms with van der Waals surface area (Å²) in [6.45, 7) is 3.64. The molecule has 2 bridgehead atoms. The van der Waals surface area contributed by atoms with Crippen LogP contribution >= 0.6 is 0 Å². The largest absolute Gasteiger partial charge is 0.462 e. The molecule has 0 spiro atoms. The molecule has 0 radical (unpaired) electrons. The van der Waals surface area contributed by atoms with E-state index in [1.165, 1.54) is 0 Å². The summed E-state index contributed by atoms with van der Waals surface area (Å²) in [4.78, 5) is 11.6. The quantitative estimate of drug-likeness (QED) is 0.635. The predicted molar refractivity (Wildman–Crippen MR) is 49.4 cm³/mol. The summed E-state index contributed by atoms with van der Waals surface area (Å²) in [6, 6.07) is 0. The fourth-order valence-electron chi connectivity index (χ4n) is 4.00. The summed E-state index contributed by atoms with van der Waals surface area (Å²) in [7, 11) is 0. The highest BCUT2D eigenvalue weighted by Gasteiger charge is 2.64. The van der Waals surface area contributed by atoms with Gasteiger partial charge < -0.3 is 9.84 Å². The molecule has 5 atom stereocenters. The van der Waals surface area contributed by atoms with Crippen molar-refractivity contribution < 1.29 is 14.6 Å². The predicted octanol–water partition coefficient (Wildman–Crippen LogP) is 0.955. The average Bonchev–Trinajstić information content (AvgIpc) is 2.59. The summed E-state index contributed by atoms with van der Waals surface area (Å²) in [5, 5.41) is 10.1. The molecule has 0 amide bonds. The zero-order valence-electron chi connectivity index (χ0n) is 8.56. The van der Waals surface area contributed by atoms with Gasteiger partial charge in [0.15, 0.2) is 0 Å². The maximum atomic E-state index is 11.6. The number of carbonyl (C=O) groups excluding carboxylic acids is 1. The molecule has 2 aliphatic carbocycles. The lowest BCUT2D eigenvalue weighted by molar-refractivity contribution is -0.146. The Balaban J connectivity index is 1.99. The van der Waals surface area contributed by atoms with Crippen LogP contribution in [-0.4, -0.2) is 22.8 Å². The Bertz CT molecular complexity index is 289. The van der Waals surface area contributed by atoms with E-state index in [-0.39, 0.29) is 23.9 Å². The third kappa shape index (κ3) is 0.888. The van der Waals surface area contributed by atoms with E-state index in [0.29, 0.717) is 11.8 Å². The minimum atomic E-state index is -0.738. The van der Waals surface area contributed by atoms with Crippen LogP contribution in [0.1, 0.15) is 26.7 Å². The second-order valence-corrected chi connectivity index (χ2v) is 5.58. The molecule has 78 valence electrons. The highest BCUT2D eigenvalue weighted by molar-refractivity contribution is 5.77. The van der Waals surface area contributed by atoms with E-state index in [1.807, 2.05) is 13.8 Å². The lowest BCUT2D eigenvalue weighted by atomic mass is 9.72. The van der Waals surface area contributed by atoms with Gasteiger partial charge in [-0.25, -0.2) is 0 Å². The first-order valence-corrected chi connectivity index (χ1v) is 5.41. The lowest BCUT2D eigenvalue weighted by Crippen LogP contribution is -2.41. The molecule has 2 saturated carbocycles. The van der Waals surface area contributed by atoms with Gasteiger partial charge in [-0.3, -0.25) is 4.79 Å². The van der Waals surface area contributed by atoms with E-state index in [4.69, 9.17) is 4.74 Å². The molecular weight excluding hydrogens is 180 g/mol. The van der Waals surface area contributed by atoms with Crippen molar-refractivity contribution in [3.05, 3.63) is 0 Å². The van der Waals surface area contributed by atoms with Crippen molar-refractivity contribution in [1.29, 1.82) is 0 Å². The fraction of sp³-hybridized carbons (Fsp3) is 0.909. The van der Waals surface area contributed by atoms with E-state index < -0.39 is 5.60 Å². The van der Waals surface area contributed by atoms with E-state index in [1.54, 1.807) is 0 Å². The SMILES string of the molecule is CC(C)(O)[C@H]1[C@@H]2C[C@@H]3[C@@H]1C(=O)O[C@@H]3C2. The topological polar surface area (TPSA) is 46.5 Å². The van der Waals surface area contributed by atoms with Gasteiger partial charge in [0.25, 0.3) is 0 Å². The van der Waals surface area contributed by atoms with Gasteiger partial charge in [0.2, 0.25) is 0 Å². The first-order chi connectivity index (χ1) is 6.48. The van der Waals surface area contributed by atoms with Gasteiger partial charge in [0.05, 0.1) is 11.5 Å². The molecule has 1 aliphatic heterocycles. The third-order valence-corrected chi connectivity index (χ3v) is 4.30. The maximum Gasteiger partial charge on any atom is 0.310 e. The molecule has 3 fully saturated rings. The smallest absolute Gasteiger partial charge is 0.310 e. The monoisotopic (exact) mass is 196 g/mol. The number of rotatable bonds is 1. The van der Waals surface area contributed by atoms with Crippen molar-refractivity contribution in [2.75, 3.05) is 0 Å². The zero-order valence-corrected chi connectivity index (χ0v) is 8.56. The number of fused-ring (bicyclic) bond motifs is 1. The minimum absolute atomic E-state index is 0.0150. The molecule has 0 aromatic rings. The number of carbonyl (C=O) groups is 1. The van der Waals surface area contributed by atoms with Gasteiger partial charge >= 0.3 is 5.97 Å². The van der Waals surface area contributed by atoms with E-state index >= 15 is 0 Å². The van der Waals surface area contributed by atoms with Crippen molar-refractivity contribution in [1.82, 2.24) is 0 Å². The first-order valence-electron chi connectivity index (χ1n) is 5.41. The molecule has 0 aromatic heterocycles. The summed E-state index contributed by atoms with van der Waals surface area (Å²) in [6.07, 6.45) is 2.23. The van der Waals surface area contributed by atoms with Gasteiger partial charge in [-0.2, -0.15) is 0 Å². The van der Waals surface area contributed by atoms with E-state index in [9.17, 15) is 9.90 Å². The molecule has 3 heteroatoms. The second kappa shape index (κ2) is 2.32. The molecule has 3 nitrogen and oxygen atoms in total. The molecule has 1 N–H and O–H groups in total. The molecule has 0 aromatic carbocycles. The van der Waals surface area contributed by atoms with Crippen molar-refractivity contribution in [2.24, 2.45) is 23.7 Å². The van der Waals surface area contributed by atoms with E-state index in [0.717, 1.165) is 12.8 Å². The number of ether oxygens (including phenoxy) is 1. The van der Waals surface area contributed by atoms with Crippen LogP contribution in [0.3, 0.4) is 0 Å². The van der Waals surface area contributed by atoms with Crippen molar-refractivity contribution in [2.45, 2.75) is 38.4 Å². The Morgan fingerprint density at radius 3 is 2.79 bits per heavy atom. The Kier molecular flexibility index (Phi) is 1.45. The van der Waals surface area contributed by atoms with Gasteiger partial charge in [0, 0.05) is 11.8 Å². The van der Waals surface area contributed by atoms with Crippen LogP contribution in [0.5, 0.6) is 0 Å². The molecule has 0 unspecified atom stereocenters. The maximum absolute atomic E-state index is 11.6. The normalized spacial score (nSPS) is 49.9. The van der Waals surface area contributed by atoms with Crippen LogP contribution < -0.4 is 0 Å². The second-order valence-electron chi connectivity index (χ2n) is 5.58. The standard InChI is InChI=1S/C11H16O3/c1-11(2,13)9-5-3-6-7(4-5)14-10(12)8(6)9/h5-9,13H,3-4H2,1-2H3/t5-,6+,7-,8+,9+/m1/s1. The summed E-state index contributed by atoms with van der Waals surface area (Å²) < 4.78 is 5.31. The first kappa shape index (κ1) is 8.72. The van der Waals surface area contributed by atoms with Gasteiger partial charge in [-0.15, -0.1) is 0 Å². The van der Waals surface area contributed by atoms with Crippen molar-refractivity contribution >= 4 is 5.97 Å². The lowest BCUT2D eigenvalue weighted by Gasteiger charge is -2.34. The zero-order chi connectivity index (χ0) is 10.1. The van der Waals surface area contributed by atoms with Gasteiger partial charge in [-0.1, -0.05) is 0 Å². The number of esters is 1. The Morgan fingerprint density at radius 1 is 1.43 bits per heavy atom. The van der Waals surface area contributed by atoms with Crippen LogP contribution in [0.4, 0.5) is 0 Å². The molecule has 3 aliphatic rings. The van der Waals surface area contributed by atoms with Crippen molar-refractivity contribution in [3.63, 3.8) is 0 Å². The summed E-state index contributed by atoms with van der Waals surface area (Å²) in [5.74, 6) is 0.954. The number of hydrogen-bond donors (Lipinski definition) is 1. The third-order valence-electron chi connectivity index (χ3n) is 4.30. The van der Waals surface area contributed by atoms with Crippen LogP contribution in [0.25, 0.3) is 0 Å². The van der Waals surface area contributed by atoms with Crippen LogP contribution in [-0.2, 0) is 9.53 Å². The molecule has 1 heterocycles. The molecule has 3 rings (SSSR count). The highest BCUT2D eigenvalue weighted by Crippen LogP contribution is 2.60. The Labute approximate surface area is 83.4 Å². The van der Waals surface area contributed by atoms with Gasteiger partial charge in [-0.05, 0) is 32.6 Å². The van der Waals surface area contributed by atoms with Gasteiger partial charge in [0.1, 0.15) is 6.10 Å². The van der Waals surface area contributed by atoms with Crippen LogP contribution in [0.2, 0.25) is 0 Å². The Hall–Kier alpha value is -0.570. The number of aliphatic hydroxyl groups is 1. The summed E-state index contributed by atoms with van der Waals surface area (Å²) in [5.41, 5.74) is -0.738. The van der Waals surface area contributed by atoms with E-state index in [2.05, 4.69) is 0 Å². The summed E-state index contributed by atoms with van der Waals surface area (Å²) >= 11 is 0. The minimum Gasteiger partial charge on any atom is -0.462 e. The average molecular weight is 196 g/mol. The molecule has 1 saturated heterocycles. The van der Waals surface area contributed by atoms with Crippen LogP contribution in [0, 0.1) is 23.7 Å². The molecule has 14 heavy (non-hydrogen) atoms. The number of hydrogen-bond acceptors (Lipinski definition) is 3. The fourth-order valence-corrected chi connectivity index (χ4v) is 4.00. The Morgan fingerprint density at radius 2 is 2.14 bits per heavy atom.